The van der Waals surface area contributed by atoms with Crippen LogP contribution < -0.4 is 15.8 Å². The van der Waals surface area contributed by atoms with Crippen molar-refractivity contribution in [3.63, 3.8) is 0 Å². The zero-order valence-electron chi connectivity index (χ0n) is 18.1. The summed E-state index contributed by atoms with van der Waals surface area (Å²) in [6.45, 7) is 2.08. The van der Waals surface area contributed by atoms with Crippen molar-refractivity contribution in [1.82, 2.24) is 4.57 Å². The Morgan fingerprint density at radius 2 is 1.88 bits per heavy atom. The summed E-state index contributed by atoms with van der Waals surface area (Å²) in [5.41, 5.74) is 2.85. The van der Waals surface area contributed by atoms with Crippen molar-refractivity contribution in [2.24, 2.45) is 0 Å². The zero-order chi connectivity index (χ0) is 23.4. The number of hydrogen-bond acceptors (Lipinski definition) is 7. The van der Waals surface area contributed by atoms with Crippen LogP contribution in [0, 0.1) is 0 Å². The van der Waals surface area contributed by atoms with Crippen LogP contribution in [-0.2, 0) is 16.1 Å². The number of fused-ring (bicyclic) bond motifs is 1. The number of aryl methyl sites for hydroxylation is 1. The normalized spacial score (nSPS) is 10.8. The summed E-state index contributed by atoms with van der Waals surface area (Å²) in [7, 11) is 1.58. The number of benzene rings is 2. The average molecular weight is 467 g/mol. The highest BCUT2D eigenvalue weighted by molar-refractivity contribution is 7.15. The average Bonchev–Trinajstić information content (AvgIpc) is 3.38. The molecular weight excluding hydrogens is 444 g/mol. The Labute approximate surface area is 193 Å². The number of para-hydroxylation sites is 2. The van der Waals surface area contributed by atoms with Gasteiger partial charge in [-0.3, -0.25) is 9.36 Å². The van der Waals surface area contributed by atoms with Gasteiger partial charge in [0.25, 0.3) is 0 Å². The van der Waals surface area contributed by atoms with Crippen LogP contribution in [0.5, 0.6) is 5.75 Å². The number of aromatic nitrogens is 1. The van der Waals surface area contributed by atoms with E-state index in [1.54, 1.807) is 55.8 Å². The van der Waals surface area contributed by atoms with Crippen molar-refractivity contribution in [2.45, 2.75) is 19.9 Å². The van der Waals surface area contributed by atoms with E-state index in [9.17, 15) is 14.4 Å². The van der Waals surface area contributed by atoms with Gasteiger partial charge < -0.3 is 19.2 Å². The maximum absolute atomic E-state index is 12.7. The number of carbonyl (C=O) groups excluding carboxylic acids is 2. The first kappa shape index (κ1) is 22.3. The Kier molecular flexibility index (Phi) is 6.60. The van der Waals surface area contributed by atoms with E-state index in [0.717, 1.165) is 5.56 Å². The second kappa shape index (κ2) is 9.74. The molecule has 9 heteroatoms. The van der Waals surface area contributed by atoms with Gasteiger partial charge in [0.2, 0.25) is 5.91 Å². The highest BCUT2D eigenvalue weighted by Gasteiger charge is 2.23. The number of ether oxygens (including phenoxy) is 2. The molecule has 2 heterocycles. The third-order valence-electron chi connectivity index (χ3n) is 5.06. The Balaban J connectivity index is 1.55. The van der Waals surface area contributed by atoms with Crippen LogP contribution in [0.1, 0.15) is 23.7 Å². The van der Waals surface area contributed by atoms with Crippen molar-refractivity contribution < 1.29 is 23.5 Å². The van der Waals surface area contributed by atoms with Crippen molar-refractivity contribution in [2.75, 3.05) is 19.0 Å². The van der Waals surface area contributed by atoms with Gasteiger partial charge in [0.1, 0.15) is 16.3 Å². The number of nitrogens with one attached hydrogen (secondary N) is 1. The van der Waals surface area contributed by atoms with Gasteiger partial charge in [0.15, 0.2) is 5.58 Å². The third-order valence-corrected chi connectivity index (χ3v) is 5.96. The molecule has 0 unspecified atom stereocenters. The number of thiophene rings is 1. The molecule has 0 spiro atoms. The summed E-state index contributed by atoms with van der Waals surface area (Å²) >= 11 is 1.24. The Morgan fingerprint density at radius 1 is 1.12 bits per heavy atom. The number of rotatable bonds is 8. The molecule has 2 aromatic heterocycles. The molecule has 0 aliphatic carbocycles. The van der Waals surface area contributed by atoms with Gasteiger partial charge in [0, 0.05) is 23.9 Å². The summed E-state index contributed by atoms with van der Waals surface area (Å²) in [5.74, 6) is -0.672. The maximum atomic E-state index is 12.7. The van der Waals surface area contributed by atoms with E-state index in [-0.39, 0.29) is 25.5 Å². The van der Waals surface area contributed by atoms with Crippen LogP contribution >= 0.6 is 11.3 Å². The minimum Gasteiger partial charge on any atom is -0.497 e. The molecule has 4 rings (SSSR count). The quantitative estimate of drug-likeness (QED) is 0.383. The molecule has 0 aliphatic rings. The minimum absolute atomic E-state index is 0.0292. The molecule has 170 valence electrons. The number of nitrogens with zero attached hydrogens (tertiary/aromatic N) is 1. The fourth-order valence-electron chi connectivity index (χ4n) is 3.47. The molecule has 2 aromatic carbocycles. The molecule has 8 nitrogen and oxygen atoms in total. The van der Waals surface area contributed by atoms with E-state index in [2.05, 4.69) is 5.32 Å². The second-order valence-electron chi connectivity index (χ2n) is 7.09. The van der Waals surface area contributed by atoms with Crippen LogP contribution in [0.15, 0.2) is 63.1 Å². The number of amides is 1. The van der Waals surface area contributed by atoms with Crippen LogP contribution in [0.4, 0.5) is 5.00 Å². The summed E-state index contributed by atoms with van der Waals surface area (Å²) in [6.07, 6.45) is 0.0292. The fraction of sp³-hybridized carbons (Fsp3) is 0.208. The van der Waals surface area contributed by atoms with E-state index in [1.807, 2.05) is 12.1 Å². The number of esters is 1. The molecule has 0 saturated heterocycles. The van der Waals surface area contributed by atoms with Gasteiger partial charge in [-0.2, -0.15) is 0 Å². The first-order valence-electron chi connectivity index (χ1n) is 10.3. The summed E-state index contributed by atoms with van der Waals surface area (Å²) in [5, 5.41) is 5.00. The van der Waals surface area contributed by atoms with Crippen molar-refractivity contribution >= 4 is 39.3 Å². The lowest BCUT2D eigenvalue weighted by Crippen LogP contribution is -2.20. The lowest BCUT2D eigenvalue weighted by Gasteiger charge is -2.09. The van der Waals surface area contributed by atoms with Gasteiger partial charge >= 0.3 is 11.7 Å². The van der Waals surface area contributed by atoms with E-state index < -0.39 is 11.7 Å². The maximum Gasteiger partial charge on any atom is 0.419 e. The molecule has 0 bridgehead atoms. The molecule has 1 amide bonds. The van der Waals surface area contributed by atoms with Crippen LogP contribution in [0.3, 0.4) is 0 Å². The van der Waals surface area contributed by atoms with E-state index >= 15 is 0 Å². The van der Waals surface area contributed by atoms with E-state index in [0.29, 0.717) is 33.0 Å². The third kappa shape index (κ3) is 4.68. The number of carbonyl (C=O) groups is 2. The van der Waals surface area contributed by atoms with Gasteiger partial charge in [-0.15, -0.1) is 11.3 Å². The lowest BCUT2D eigenvalue weighted by atomic mass is 10.0. The standard InChI is InChI=1S/C24H22N2O6S/c1-3-31-23(28)21-17(15-8-10-16(30-2)11-9-15)14-33-22(21)25-20(27)12-13-26-18-6-4-5-7-19(18)32-24(26)29/h4-11,14H,3,12-13H2,1-2H3,(H,25,27). The highest BCUT2D eigenvalue weighted by Crippen LogP contribution is 2.37. The number of hydrogen-bond donors (Lipinski definition) is 1. The molecule has 0 aliphatic heterocycles. The summed E-state index contributed by atoms with van der Waals surface area (Å²) < 4.78 is 17.0. The predicted octanol–water partition coefficient (Wildman–Crippen LogP) is 4.54. The van der Waals surface area contributed by atoms with Crippen molar-refractivity contribution in [3.8, 4) is 16.9 Å². The van der Waals surface area contributed by atoms with Crippen LogP contribution in [-0.4, -0.2) is 30.2 Å². The van der Waals surface area contributed by atoms with Crippen LogP contribution in [0.2, 0.25) is 0 Å². The highest BCUT2D eigenvalue weighted by atomic mass is 32.1. The number of oxazole rings is 1. The van der Waals surface area contributed by atoms with E-state index in [4.69, 9.17) is 13.9 Å². The molecule has 1 N–H and O–H groups in total. The van der Waals surface area contributed by atoms with E-state index in [1.165, 1.54) is 15.9 Å². The largest absolute Gasteiger partial charge is 0.497 e. The molecule has 0 fully saturated rings. The lowest BCUT2D eigenvalue weighted by molar-refractivity contribution is -0.116. The minimum atomic E-state index is -0.519. The molecule has 0 atom stereocenters. The topological polar surface area (TPSA) is 99.8 Å². The zero-order valence-corrected chi connectivity index (χ0v) is 18.9. The predicted molar refractivity (Wildman–Crippen MR) is 126 cm³/mol. The SMILES string of the molecule is CCOC(=O)c1c(-c2ccc(OC)cc2)csc1NC(=O)CCn1c(=O)oc2ccccc21. The van der Waals surface area contributed by atoms with Gasteiger partial charge in [-0.05, 0) is 36.8 Å². The molecule has 33 heavy (non-hydrogen) atoms. The molecular formula is C24H22N2O6S. The fourth-order valence-corrected chi connectivity index (χ4v) is 4.44. The van der Waals surface area contributed by atoms with Gasteiger partial charge in [-0.1, -0.05) is 24.3 Å². The Bertz CT molecular complexity index is 1350. The smallest absolute Gasteiger partial charge is 0.419 e. The second-order valence-corrected chi connectivity index (χ2v) is 7.97. The molecule has 0 saturated carbocycles. The van der Waals surface area contributed by atoms with Gasteiger partial charge in [0.05, 0.1) is 19.2 Å². The monoisotopic (exact) mass is 466 g/mol. The Morgan fingerprint density at radius 3 is 2.61 bits per heavy atom. The summed E-state index contributed by atoms with van der Waals surface area (Å²) in [4.78, 5) is 37.5. The first-order valence-corrected chi connectivity index (χ1v) is 11.2. The number of anilines is 1. The van der Waals surface area contributed by atoms with Crippen molar-refractivity contribution in [1.29, 1.82) is 0 Å². The first-order chi connectivity index (χ1) is 16.0. The molecule has 0 radical (unpaired) electrons. The van der Waals surface area contributed by atoms with Crippen molar-refractivity contribution in [3.05, 3.63) is 70.0 Å². The number of methoxy groups -OCH3 is 1. The Hall–Kier alpha value is -3.85. The van der Waals surface area contributed by atoms with Crippen LogP contribution in [0.25, 0.3) is 22.2 Å². The summed E-state index contributed by atoms with van der Waals surface area (Å²) in [6, 6.07) is 14.3. The molecule has 4 aromatic rings. The van der Waals surface area contributed by atoms with Gasteiger partial charge in [-0.25, -0.2) is 9.59 Å².